The van der Waals surface area contributed by atoms with Crippen molar-refractivity contribution < 1.29 is 14.3 Å². The summed E-state index contributed by atoms with van der Waals surface area (Å²) in [4.78, 5) is 12.9. The molecule has 0 N–H and O–H groups in total. The second-order valence-electron chi connectivity index (χ2n) is 4.09. The molecule has 0 radical (unpaired) electrons. The number of ether oxygens (including phenoxy) is 2. The Labute approximate surface area is 115 Å². The number of hydrogen-bond donors (Lipinski definition) is 0. The van der Waals surface area contributed by atoms with Gasteiger partial charge in [-0.2, -0.15) is 0 Å². The van der Waals surface area contributed by atoms with Crippen molar-refractivity contribution in [1.82, 2.24) is 0 Å². The lowest BCUT2D eigenvalue weighted by Crippen LogP contribution is -2.31. The molecule has 1 rings (SSSR count). The minimum absolute atomic E-state index is 0.693. The molecule has 0 amide bonds. The van der Waals surface area contributed by atoms with Gasteiger partial charge in [0.15, 0.2) is 0 Å². The number of benzene rings is 1. The van der Waals surface area contributed by atoms with E-state index in [0.29, 0.717) is 18.8 Å². The van der Waals surface area contributed by atoms with Gasteiger partial charge in [-0.1, -0.05) is 0 Å². The number of hydrogen-bond acceptors (Lipinski definition) is 4. The lowest BCUT2D eigenvalue weighted by Gasteiger charge is -2.24. The molecular weight excluding hydrogens is 242 g/mol. The van der Waals surface area contributed by atoms with Crippen molar-refractivity contribution in [3.8, 4) is 0 Å². The number of aldehydes is 1. The van der Waals surface area contributed by atoms with Gasteiger partial charge >= 0.3 is 0 Å². The second-order valence-corrected chi connectivity index (χ2v) is 4.09. The Morgan fingerprint density at radius 2 is 1.53 bits per heavy atom. The fourth-order valence-corrected chi connectivity index (χ4v) is 1.77. The number of carbonyl (C=O) groups is 1. The van der Waals surface area contributed by atoms with Crippen molar-refractivity contribution in [2.24, 2.45) is 0 Å². The molecule has 0 aromatic heterocycles. The minimum atomic E-state index is 0.693. The minimum Gasteiger partial charge on any atom is -0.380 e. The first-order chi connectivity index (χ1) is 9.31. The molecule has 19 heavy (non-hydrogen) atoms. The molecule has 0 spiro atoms. The monoisotopic (exact) mass is 265 g/mol. The summed E-state index contributed by atoms with van der Waals surface area (Å²) in [7, 11) is 0. The highest BCUT2D eigenvalue weighted by molar-refractivity contribution is 5.75. The van der Waals surface area contributed by atoms with Gasteiger partial charge in [-0.25, -0.2) is 0 Å². The second kappa shape index (κ2) is 9.53. The van der Waals surface area contributed by atoms with Gasteiger partial charge in [-0.3, -0.25) is 4.79 Å². The first kappa shape index (κ1) is 15.7. The molecule has 0 aliphatic carbocycles. The van der Waals surface area contributed by atoms with Crippen LogP contribution >= 0.6 is 0 Å². The van der Waals surface area contributed by atoms with Crippen LogP contribution in [0, 0.1) is 0 Å². The van der Waals surface area contributed by atoms with E-state index >= 15 is 0 Å². The summed E-state index contributed by atoms with van der Waals surface area (Å²) in [6.45, 7) is 8.46. The average molecular weight is 265 g/mol. The van der Waals surface area contributed by atoms with Crippen LogP contribution in [0.1, 0.15) is 24.2 Å². The standard InChI is InChI=1S/C15H23NO3/c1-3-18-11-9-16(10-12-19-4-2)15-7-5-14(13-17)6-8-15/h5-8,13H,3-4,9-12H2,1-2H3. The largest absolute Gasteiger partial charge is 0.380 e. The molecule has 4 nitrogen and oxygen atoms in total. The van der Waals surface area contributed by atoms with E-state index in [9.17, 15) is 4.79 Å². The first-order valence-electron chi connectivity index (χ1n) is 6.77. The van der Waals surface area contributed by atoms with Gasteiger partial charge in [0.05, 0.1) is 13.2 Å². The van der Waals surface area contributed by atoms with E-state index in [2.05, 4.69) is 4.90 Å². The normalized spacial score (nSPS) is 10.4. The van der Waals surface area contributed by atoms with Gasteiger partial charge in [0, 0.05) is 37.6 Å². The average Bonchev–Trinajstić information content (AvgIpc) is 2.46. The maximum atomic E-state index is 10.7. The summed E-state index contributed by atoms with van der Waals surface area (Å²) < 4.78 is 10.8. The third-order valence-electron chi connectivity index (χ3n) is 2.81. The molecule has 0 aliphatic rings. The van der Waals surface area contributed by atoms with Crippen molar-refractivity contribution in [3.05, 3.63) is 29.8 Å². The maximum Gasteiger partial charge on any atom is 0.150 e. The molecule has 0 fully saturated rings. The van der Waals surface area contributed by atoms with Crippen LogP contribution in [0.2, 0.25) is 0 Å². The van der Waals surface area contributed by atoms with Crippen molar-refractivity contribution in [2.45, 2.75) is 13.8 Å². The molecule has 0 saturated heterocycles. The van der Waals surface area contributed by atoms with E-state index in [4.69, 9.17) is 9.47 Å². The summed E-state index contributed by atoms with van der Waals surface area (Å²) in [6, 6.07) is 7.58. The Bertz CT molecular complexity index is 341. The predicted octanol–water partition coefficient (Wildman–Crippen LogP) is 2.38. The molecule has 0 bridgehead atoms. The van der Waals surface area contributed by atoms with E-state index in [-0.39, 0.29) is 0 Å². The fourth-order valence-electron chi connectivity index (χ4n) is 1.77. The van der Waals surface area contributed by atoms with Crippen LogP contribution in [0.5, 0.6) is 0 Å². The summed E-state index contributed by atoms with van der Waals surface area (Å²) in [5, 5.41) is 0. The Hall–Kier alpha value is -1.39. The predicted molar refractivity (Wildman–Crippen MR) is 77.0 cm³/mol. The topological polar surface area (TPSA) is 38.8 Å². The smallest absolute Gasteiger partial charge is 0.150 e. The molecule has 0 atom stereocenters. The highest BCUT2D eigenvalue weighted by Crippen LogP contribution is 2.14. The van der Waals surface area contributed by atoms with Crippen LogP contribution in [0.3, 0.4) is 0 Å². The highest BCUT2D eigenvalue weighted by Gasteiger charge is 2.06. The zero-order valence-electron chi connectivity index (χ0n) is 11.8. The SMILES string of the molecule is CCOCCN(CCOCC)c1ccc(C=O)cc1. The van der Waals surface area contributed by atoms with Gasteiger partial charge in [0.1, 0.15) is 6.29 Å². The zero-order valence-corrected chi connectivity index (χ0v) is 11.8. The van der Waals surface area contributed by atoms with Crippen LogP contribution < -0.4 is 4.90 Å². The molecule has 0 heterocycles. The fraction of sp³-hybridized carbons (Fsp3) is 0.533. The molecule has 0 unspecified atom stereocenters. The van der Waals surface area contributed by atoms with Crippen LogP contribution in [0.4, 0.5) is 5.69 Å². The van der Waals surface area contributed by atoms with Gasteiger partial charge in [-0.15, -0.1) is 0 Å². The van der Waals surface area contributed by atoms with Crippen molar-refractivity contribution in [3.63, 3.8) is 0 Å². The lowest BCUT2D eigenvalue weighted by atomic mass is 10.2. The third-order valence-corrected chi connectivity index (χ3v) is 2.81. The first-order valence-corrected chi connectivity index (χ1v) is 6.77. The van der Waals surface area contributed by atoms with Crippen LogP contribution in [0.25, 0.3) is 0 Å². The quantitative estimate of drug-likeness (QED) is 0.481. The highest BCUT2D eigenvalue weighted by atomic mass is 16.5. The Morgan fingerprint density at radius 1 is 1.00 bits per heavy atom. The van der Waals surface area contributed by atoms with Crippen molar-refractivity contribution in [2.75, 3.05) is 44.4 Å². The molecule has 1 aromatic carbocycles. The van der Waals surface area contributed by atoms with Gasteiger partial charge in [-0.05, 0) is 38.1 Å². The van der Waals surface area contributed by atoms with E-state index in [1.54, 1.807) is 0 Å². The van der Waals surface area contributed by atoms with E-state index in [0.717, 1.165) is 38.3 Å². The van der Waals surface area contributed by atoms with Crippen LogP contribution in [-0.2, 0) is 9.47 Å². The van der Waals surface area contributed by atoms with Gasteiger partial charge in [0.25, 0.3) is 0 Å². The van der Waals surface area contributed by atoms with Crippen LogP contribution in [0.15, 0.2) is 24.3 Å². The number of nitrogens with zero attached hydrogens (tertiary/aromatic N) is 1. The third kappa shape index (κ3) is 5.85. The van der Waals surface area contributed by atoms with Crippen LogP contribution in [-0.4, -0.2) is 45.8 Å². The molecule has 0 aliphatic heterocycles. The lowest BCUT2D eigenvalue weighted by molar-refractivity contribution is 0.112. The summed E-state index contributed by atoms with van der Waals surface area (Å²) in [5.74, 6) is 0. The molecule has 106 valence electrons. The Balaban J connectivity index is 2.60. The Kier molecular flexibility index (Phi) is 7.86. The molecule has 4 heteroatoms. The molecular formula is C15H23NO3. The number of rotatable bonds is 10. The number of anilines is 1. The zero-order chi connectivity index (χ0) is 13.9. The molecule has 0 saturated carbocycles. The maximum absolute atomic E-state index is 10.7. The van der Waals surface area contributed by atoms with Crippen molar-refractivity contribution in [1.29, 1.82) is 0 Å². The van der Waals surface area contributed by atoms with E-state index in [1.807, 2.05) is 38.1 Å². The van der Waals surface area contributed by atoms with Gasteiger partial charge < -0.3 is 14.4 Å². The van der Waals surface area contributed by atoms with E-state index in [1.165, 1.54) is 0 Å². The summed E-state index contributed by atoms with van der Waals surface area (Å²) in [6.07, 6.45) is 0.856. The summed E-state index contributed by atoms with van der Waals surface area (Å²) >= 11 is 0. The number of carbonyl (C=O) groups excluding carboxylic acids is 1. The van der Waals surface area contributed by atoms with Crippen molar-refractivity contribution >= 4 is 12.0 Å². The van der Waals surface area contributed by atoms with Gasteiger partial charge in [0.2, 0.25) is 0 Å². The van der Waals surface area contributed by atoms with E-state index < -0.39 is 0 Å². The molecule has 1 aromatic rings. The summed E-state index contributed by atoms with van der Waals surface area (Å²) in [5.41, 5.74) is 1.78. The Morgan fingerprint density at radius 3 is 1.95 bits per heavy atom.